The minimum absolute atomic E-state index is 0.105. The molecule has 2 atom stereocenters. The molecule has 5 nitrogen and oxygen atoms in total. The SMILES string of the molecule is C=C/C=C(\C=C)COC1CCOC(=O)C(NC)COC1. The Bertz CT molecular complexity index is 365. The summed E-state index contributed by atoms with van der Waals surface area (Å²) in [6, 6.07) is -0.418. The van der Waals surface area contributed by atoms with Gasteiger partial charge in [-0.05, 0) is 12.6 Å². The average Bonchev–Trinajstić information content (AvgIpc) is 2.54. The summed E-state index contributed by atoms with van der Waals surface area (Å²) >= 11 is 0. The number of ether oxygens (including phenoxy) is 3. The predicted molar refractivity (Wildman–Crippen MR) is 77.5 cm³/mol. The van der Waals surface area contributed by atoms with Gasteiger partial charge in [0.15, 0.2) is 0 Å². The molecule has 2 unspecified atom stereocenters. The standard InChI is InChI=1S/C15H23NO4/c1-4-6-12(5-2)9-20-13-7-8-19-15(17)14(16-3)11-18-10-13/h4-6,13-14,16H,1-2,7-11H2,3H3/b12-6+. The van der Waals surface area contributed by atoms with E-state index in [0.29, 0.717) is 26.2 Å². The molecule has 0 aromatic rings. The van der Waals surface area contributed by atoms with Crippen molar-refractivity contribution in [3.05, 3.63) is 37.0 Å². The third kappa shape index (κ3) is 5.69. The number of nitrogens with one attached hydrogen (secondary N) is 1. The van der Waals surface area contributed by atoms with E-state index in [0.717, 1.165) is 5.57 Å². The molecule has 0 bridgehead atoms. The lowest BCUT2D eigenvalue weighted by Gasteiger charge is -2.17. The largest absolute Gasteiger partial charge is 0.464 e. The van der Waals surface area contributed by atoms with Crippen LogP contribution in [0.15, 0.2) is 37.0 Å². The third-order valence-corrected chi connectivity index (χ3v) is 2.99. The Labute approximate surface area is 120 Å². The molecule has 112 valence electrons. The zero-order valence-electron chi connectivity index (χ0n) is 12.0. The van der Waals surface area contributed by atoms with Crippen LogP contribution in [0.3, 0.4) is 0 Å². The van der Waals surface area contributed by atoms with Gasteiger partial charge in [-0.2, -0.15) is 0 Å². The number of likely N-dealkylation sites (N-methyl/N-ethyl adjacent to an activating group) is 1. The minimum atomic E-state index is -0.418. The van der Waals surface area contributed by atoms with E-state index >= 15 is 0 Å². The van der Waals surface area contributed by atoms with Gasteiger partial charge in [0.2, 0.25) is 0 Å². The van der Waals surface area contributed by atoms with E-state index in [4.69, 9.17) is 14.2 Å². The van der Waals surface area contributed by atoms with Crippen molar-refractivity contribution in [2.75, 3.05) is 33.5 Å². The van der Waals surface area contributed by atoms with Crippen LogP contribution in [-0.2, 0) is 19.0 Å². The molecule has 5 heteroatoms. The molecule has 0 aromatic carbocycles. The van der Waals surface area contributed by atoms with Crippen LogP contribution in [0.4, 0.5) is 0 Å². The highest BCUT2D eigenvalue weighted by molar-refractivity contribution is 5.75. The number of hydrogen-bond donors (Lipinski definition) is 1. The van der Waals surface area contributed by atoms with E-state index in [1.165, 1.54) is 0 Å². The van der Waals surface area contributed by atoms with Gasteiger partial charge in [0, 0.05) is 6.42 Å². The zero-order chi connectivity index (χ0) is 14.8. The first kappa shape index (κ1) is 16.6. The van der Waals surface area contributed by atoms with Crippen molar-refractivity contribution in [1.82, 2.24) is 5.32 Å². The first-order valence-corrected chi connectivity index (χ1v) is 6.68. The van der Waals surface area contributed by atoms with E-state index in [1.54, 1.807) is 19.2 Å². The normalized spacial score (nSPS) is 25.1. The van der Waals surface area contributed by atoms with Crippen LogP contribution in [0.1, 0.15) is 6.42 Å². The van der Waals surface area contributed by atoms with Crippen LogP contribution < -0.4 is 5.32 Å². The van der Waals surface area contributed by atoms with Crippen molar-refractivity contribution in [3.8, 4) is 0 Å². The number of carbonyl (C=O) groups excluding carboxylic acids is 1. The van der Waals surface area contributed by atoms with Crippen molar-refractivity contribution in [2.24, 2.45) is 0 Å². The fourth-order valence-corrected chi connectivity index (χ4v) is 1.73. The Morgan fingerprint density at radius 2 is 2.30 bits per heavy atom. The van der Waals surface area contributed by atoms with Crippen molar-refractivity contribution >= 4 is 5.97 Å². The molecule has 0 aromatic heterocycles. The van der Waals surface area contributed by atoms with Gasteiger partial charge in [0.25, 0.3) is 0 Å². The van der Waals surface area contributed by atoms with Gasteiger partial charge in [-0.25, -0.2) is 0 Å². The van der Waals surface area contributed by atoms with E-state index in [9.17, 15) is 4.79 Å². The molecule has 0 radical (unpaired) electrons. The summed E-state index contributed by atoms with van der Waals surface area (Å²) < 4.78 is 16.4. The van der Waals surface area contributed by atoms with Gasteiger partial charge >= 0.3 is 5.97 Å². The molecule has 1 N–H and O–H groups in total. The monoisotopic (exact) mass is 281 g/mol. The molecule has 20 heavy (non-hydrogen) atoms. The summed E-state index contributed by atoms with van der Waals surface area (Å²) in [6.07, 6.45) is 5.78. The van der Waals surface area contributed by atoms with Gasteiger partial charge in [0.05, 0.1) is 32.5 Å². The second-order valence-electron chi connectivity index (χ2n) is 4.45. The molecular formula is C15H23NO4. The average molecular weight is 281 g/mol. The molecule has 0 saturated carbocycles. The van der Waals surface area contributed by atoms with Crippen LogP contribution in [0, 0.1) is 0 Å². The first-order valence-electron chi connectivity index (χ1n) is 6.68. The highest BCUT2D eigenvalue weighted by atomic mass is 16.6. The Kier molecular flexibility index (Phi) is 7.87. The van der Waals surface area contributed by atoms with Gasteiger partial charge in [-0.3, -0.25) is 4.79 Å². The molecule has 0 amide bonds. The molecule has 1 heterocycles. The van der Waals surface area contributed by atoms with Crippen LogP contribution in [0.2, 0.25) is 0 Å². The Morgan fingerprint density at radius 3 is 2.95 bits per heavy atom. The lowest BCUT2D eigenvalue weighted by atomic mass is 10.2. The summed E-state index contributed by atoms with van der Waals surface area (Å²) in [7, 11) is 1.71. The molecule has 1 saturated heterocycles. The maximum absolute atomic E-state index is 11.6. The van der Waals surface area contributed by atoms with Gasteiger partial charge in [0.1, 0.15) is 6.04 Å². The van der Waals surface area contributed by atoms with Gasteiger partial charge < -0.3 is 19.5 Å². The van der Waals surface area contributed by atoms with Crippen LogP contribution in [0.25, 0.3) is 0 Å². The molecular weight excluding hydrogens is 258 g/mol. The van der Waals surface area contributed by atoms with Crippen molar-refractivity contribution in [1.29, 1.82) is 0 Å². The number of carbonyl (C=O) groups is 1. The maximum atomic E-state index is 11.6. The molecule has 0 aliphatic carbocycles. The molecule has 1 rings (SSSR count). The van der Waals surface area contributed by atoms with Crippen molar-refractivity contribution in [3.63, 3.8) is 0 Å². The molecule has 1 aliphatic heterocycles. The molecule has 1 fully saturated rings. The van der Waals surface area contributed by atoms with E-state index in [2.05, 4.69) is 18.5 Å². The zero-order valence-corrected chi connectivity index (χ0v) is 12.0. The lowest BCUT2D eigenvalue weighted by molar-refractivity contribution is -0.147. The number of hydrogen-bond acceptors (Lipinski definition) is 5. The van der Waals surface area contributed by atoms with E-state index in [-0.39, 0.29) is 18.7 Å². The first-order chi connectivity index (χ1) is 9.71. The van der Waals surface area contributed by atoms with Crippen molar-refractivity contribution in [2.45, 2.75) is 18.6 Å². The molecule has 0 spiro atoms. The van der Waals surface area contributed by atoms with Crippen LogP contribution in [0.5, 0.6) is 0 Å². The molecule has 1 aliphatic rings. The maximum Gasteiger partial charge on any atom is 0.325 e. The summed E-state index contributed by atoms with van der Waals surface area (Å²) in [4.78, 5) is 11.6. The van der Waals surface area contributed by atoms with Crippen molar-refractivity contribution < 1.29 is 19.0 Å². The van der Waals surface area contributed by atoms with E-state index < -0.39 is 6.04 Å². The Balaban J connectivity index is 2.47. The van der Waals surface area contributed by atoms with Crippen LogP contribution in [-0.4, -0.2) is 51.6 Å². The lowest BCUT2D eigenvalue weighted by Crippen LogP contribution is -2.39. The quantitative estimate of drug-likeness (QED) is 0.586. The minimum Gasteiger partial charge on any atom is -0.464 e. The second kappa shape index (κ2) is 9.47. The second-order valence-corrected chi connectivity index (χ2v) is 4.45. The number of esters is 1. The summed E-state index contributed by atoms with van der Waals surface area (Å²) in [5.74, 6) is -0.286. The fraction of sp³-hybridized carbons (Fsp3) is 0.533. The fourth-order valence-electron chi connectivity index (χ4n) is 1.73. The number of allylic oxidation sites excluding steroid dienone is 2. The number of cyclic esters (lactones) is 1. The highest BCUT2D eigenvalue weighted by Crippen LogP contribution is 2.08. The number of rotatable bonds is 6. The van der Waals surface area contributed by atoms with E-state index in [1.807, 2.05) is 6.08 Å². The Morgan fingerprint density at radius 1 is 1.50 bits per heavy atom. The summed E-state index contributed by atoms with van der Waals surface area (Å²) in [5, 5.41) is 2.87. The van der Waals surface area contributed by atoms with Gasteiger partial charge in [-0.15, -0.1) is 0 Å². The third-order valence-electron chi connectivity index (χ3n) is 2.99. The van der Waals surface area contributed by atoms with Crippen LogP contribution >= 0.6 is 0 Å². The highest BCUT2D eigenvalue weighted by Gasteiger charge is 2.22. The predicted octanol–water partition coefficient (Wildman–Crippen LogP) is 1.22. The summed E-state index contributed by atoms with van der Waals surface area (Å²) in [6.45, 7) is 8.85. The Hall–Kier alpha value is -1.43. The summed E-state index contributed by atoms with van der Waals surface area (Å²) in [5.41, 5.74) is 0.949. The smallest absolute Gasteiger partial charge is 0.325 e. The topological polar surface area (TPSA) is 56.8 Å². The van der Waals surface area contributed by atoms with Gasteiger partial charge in [-0.1, -0.05) is 31.4 Å².